The second kappa shape index (κ2) is 4.96. The summed E-state index contributed by atoms with van der Waals surface area (Å²) < 4.78 is 13.1. The minimum atomic E-state index is -1.25. The van der Waals surface area contributed by atoms with Crippen molar-refractivity contribution >= 4 is 11.7 Å². The van der Waals surface area contributed by atoms with Crippen molar-refractivity contribution in [3.8, 4) is 0 Å². The van der Waals surface area contributed by atoms with Crippen LogP contribution >= 0.6 is 0 Å². The summed E-state index contributed by atoms with van der Waals surface area (Å²) in [6, 6.07) is 4.22. The molecule has 1 rings (SSSR count). The number of rotatable bonds is 4. The average molecular weight is 225 g/mol. The van der Waals surface area contributed by atoms with E-state index in [9.17, 15) is 9.18 Å². The van der Waals surface area contributed by atoms with Crippen LogP contribution in [-0.2, 0) is 0 Å². The Kier molecular flexibility index (Phi) is 3.88. The van der Waals surface area contributed by atoms with E-state index in [1.54, 1.807) is 6.07 Å². The minimum absolute atomic E-state index is 0.201. The maximum absolute atomic E-state index is 13.1. The number of hydrogen-bond acceptors (Lipinski definition) is 2. The molecule has 0 amide bonds. The first-order valence-corrected chi connectivity index (χ1v) is 5.21. The van der Waals surface area contributed by atoms with E-state index in [1.165, 1.54) is 12.1 Å². The molecule has 0 saturated heterocycles. The van der Waals surface area contributed by atoms with E-state index in [1.807, 2.05) is 6.92 Å². The smallest absolute Gasteiger partial charge is 0.338 e. The topological polar surface area (TPSA) is 49.3 Å². The molecule has 3 nitrogen and oxygen atoms in total. The van der Waals surface area contributed by atoms with Crippen LogP contribution in [-0.4, -0.2) is 17.1 Å². The molecule has 0 heterocycles. The lowest BCUT2D eigenvalue weighted by molar-refractivity contribution is 0.0692. The van der Waals surface area contributed by atoms with Crippen LogP contribution in [0.5, 0.6) is 0 Å². The van der Waals surface area contributed by atoms with E-state index in [-0.39, 0.29) is 11.6 Å². The van der Waals surface area contributed by atoms with Crippen LogP contribution in [0.2, 0.25) is 0 Å². The highest BCUT2D eigenvalue weighted by atomic mass is 19.1. The Labute approximate surface area is 94.3 Å². The van der Waals surface area contributed by atoms with Gasteiger partial charge < -0.3 is 10.4 Å². The quantitative estimate of drug-likeness (QED) is 0.828. The zero-order valence-corrected chi connectivity index (χ0v) is 9.62. The van der Waals surface area contributed by atoms with Gasteiger partial charge in [0.25, 0.3) is 0 Å². The second-order valence-electron chi connectivity index (χ2n) is 4.18. The molecule has 0 fully saturated rings. The van der Waals surface area contributed by atoms with Crippen molar-refractivity contribution in [2.24, 2.45) is 5.92 Å². The molecule has 1 aromatic carbocycles. The van der Waals surface area contributed by atoms with Crippen LogP contribution in [0.1, 0.15) is 31.1 Å². The monoisotopic (exact) mass is 225 g/mol. The SMILES string of the molecule is CC(C)C(C)Nc1ccc(F)c(C(=O)O)c1. The first kappa shape index (κ1) is 12.5. The summed E-state index contributed by atoms with van der Waals surface area (Å²) in [5.41, 5.74) is 0.320. The molecule has 0 spiro atoms. The maximum atomic E-state index is 13.1. The number of halogens is 1. The Morgan fingerprint density at radius 2 is 2.00 bits per heavy atom. The molecule has 0 radical (unpaired) electrons. The van der Waals surface area contributed by atoms with Gasteiger partial charge in [0.2, 0.25) is 0 Å². The van der Waals surface area contributed by atoms with Gasteiger partial charge in [-0.2, -0.15) is 0 Å². The van der Waals surface area contributed by atoms with Gasteiger partial charge in [0.1, 0.15) is 5.82 Å². The van der Waals surface area contributed by atoms with Crippen molar-refractivity contribution < 1.29 is 14.3 Å². The van der Waals surface area contributed by atoms with Gasteiger partial charge in [-0.3, -0.25) is 0 Å². The molecule has 16 heavy (non-hydrogen) atoms. The minimum Gasteiger partial charge on any atom is -0.478 e. The Morgan fingerprint density at radius 1 is 1.38 bits per heavy atom. The highest BCUT2D eigenvalue weighted by molar-refractivity contribution is 5.89. The summed E-state index contributed by atoms with van der Waals surface area (Å²) in [6.45, 7) is 6.10. The predicted octanol–water partition coefficient (Wildman–Crippen LogP) is 2.98. The van der Waals surface area contributed by atoms with E-state index in [0.29, 0.717) is 11.6 Å². The fraction of sp³-hybridized carbons (Fsp3) is 0.417. The van der Waals surface area contributed by atoms with Crippen LogP contribution in [0.4, 0.5) is 10.1 Å². The molecule has 0 saturated carbocycles. The predicted molar refractivity (Wildman–Crippen MR) is 61.3 cm³/mol. The van der Waals surface area contributed by atoms with Crippen molar-refractivity contribution in [1.29, 1.82) is 0 Å². The molecule has 0 aromatic heterocycles. The summed E-state index contributed by atoms with van der Waals surface area (Å²) >= 11 is 0. The third kappa shape index (κ3) is 2.95. The van der Waals surface area contributed by atoms with Gasteiger partial charge in [0.05, 0.1) is 5.56 Å². The lowest BCUT2D eigenvalue weighted by Crippen LogP contribution is -2.21. The van der Waals surface area contributed by atoms with Crippen LogP contribution in [0.3, 0.4) is 0 Å². The van der Waals surface area contributed by atoms with Crippen molar-refractivity contribution in [3.63, 3.8) is 0 Å². The van der Waals surface area contributed by atoms with E-state index >= 15 is 0 Å². The number of aromatic carboxylic acids is 1. The number of hydrogen-bond donors (Lipinski definition) is 2. The fourth-order valence-electron chi connectivity index (χ4n) is 1.21. The molecule has 1 aromatic rings. The van der Waals surface area contributed by atoms with Gasteiger partial charge in [-0.25, -0.2) is 9.18 Å². The van der Waals surface area contributed by atoms with E-state index in [4.69, 9.17) is 5.11 Å². The van der Waals surface area contributed by atoms with Crippen molar-refractivity contribution in [2.75, 3.05) is 5.32 Å². The summed E-state index contributed by atoms with van der Waals surface area (Å²) in [5, 5.41) is 11.9. The van der Waals surface area contributed by atoms with Gasteiger partial charge in [-0.1, -0.05) is 13.8 Å². The van der Waals surface area contributed by atoms with E-state index < -0.39 is 11.8 Å². The number of carboxylic acids is 1. The normalized spacial score (nSPS) is 12.6. The summed E-state index contributed by atoms with van der Waals surface area (Å²) in [5.74, 6) is -1.55. The van der Waals surface area contributed by atoms with Gasteiger partial charge in [0.15, 0.2) is 0 Å². The molecular weight excluding hydrogens is 209 g/mol. The Hall–Kier alpha value is -1.58. The first-order chi connectivity index (χ1) is 7.41. The molecule has 0 bridgehead atoms. The number of benzene rings is 1. The molecule has 4 heteroatoms. The maximum Gasteiger partial charge on any atom is 0.338 e. The Balaban J connectivity index is 2.91. The first-order valence-electron chi connectivity index (χ1n) is 5.21. The third-order valence-electron chi connectivity index (χ3n) is 2.59. The lowest BCUT2D eigenvalue weighted by Gasteiger charge is -2.19. The zero-order chi connectivity index (χ0) is 12.3. The molecule has 2 N–H and O–H groups in total. The molecule has 0 aliphatic rings. The van der Waals surface area contributed by atoms with E-state index in [0.717, 1.165) is 0 Å². The number of carboxylic acid groups (broad SMARTS) is 1. The molecule has 1 atom stereocenters. The number of carbonyl (C=O) groups is 1. The van der Waals surface area contributed by atoms with Crippen LogP contribution in [0.15, 0.2) is 18.2 Å². The summed E-state index contributed by atoms with van der Waals surface area (Å²) in [4.78, 5) is 10.7. The van der Waals surface area contributed by atoms with Gasteiger partial charge >= 0.3 is 5.97 Å². The molecule has 0 aliphatic heterocycles. The van der Waals surface area contributed by atoms with Crippen molar-refractivity contribution in [2.45, 2.75) is 26.8 Å². The second-order valence-corrected chi connectivity index (χ2v) is 4.18. The third-order valence-corrected chi connectivity index (χ3v) is 2.59. The highest BCUT2D eigenvalue weighted by Crippen LogP contribution is 2.17. The van der Waals surface area contributed by atoms with Crippen LogP contribution in [0, 0.1) is 11.7 Å². The van der Waals surface area contributed by atoms with Crippen molar-refractivity contribution in [3.05, 3.63) is 29.6 Å². The average Bonchev–Trinajstić information content (AvgIpc) is 2.20. The molecule has 88 valence electrons. The van der Waals surface area contributed by atoms with Crippen LogP contribution in [0.25, 0.3) is 0 Å². The zero-order valence-electron chi connectivity index (χ0n) is 9.62. The largest absolute Gasteiger partial charge is 0.478 e. The molecule has 1 unspecified atom stereocenters. The Bertz CT molecular complexity index is 391. The fourth-order valence-corrected chi connectivity index (χ4v) is 1.21. The standard InChI is InChI=1S/C12H16FNO2/c1-7(2)8(3)14-9-4-5-11(13)10(6-9)12(15)16/h4-8,14H,1-3H3,(H,15,16). The molecule has 0 aliphatic carbocycles. The Morgan fingerprint density at radius 3 is 2.50 bits per heavy atom. The highest BCUT2D eigenvalue weighted by Gasteiger charge is 2.12. The summed E-state index contributed by atoms with van der Waals surface area (Å²) in [6.07, 6.45) is 0. The lowest BCUT2D eigenvalue weighted by atomic mass is 10.1. The molecular formula is C12H16FNO2. The van der Waals surface area contributed by atoms with Gasteiger partial charge in [-0.05, 0) is 31.0 Å². The van der Waals surface area contributed by atoms with Gasteiger partial charge in [0, 0.05) is 11.7 Å². The van der Waals surface area contributed by atoms with Crippen LogP contribution < -0.4 is 5.32 Å². The van der Waals surface area contributed by atoms with Gasteiger partial charge in [-0.15, -0.1) is 0 Å². The van der Waals surface area contributed by atoms with Crippen molar-refractivity contribution in [1.82, 2.24) is 0 Å². The summed E-state index contributed by atoms with van der Waals surface area (Å²) in [7, 11) is 0. The van der Waals surface area contributed by atoms with E-state index in [2.05, 4.69) is 19.2 Å². The number of anilines is 1. The number of nitrogens with one attached hydrogen (secondary N) is 1.